The van der Waals surface area contributed by atoms with Crippen LogP contribution in [0.25, 0.3) is 0 Å². The van der Waals surface area contributed by atoms with E-state index in [-0.39, 0.29) is 19.1 Å². The van der Waals surface area contributed by atoms with Crippen molar-refractivity contribution in [3.05, 3.63) is 35.9 Å². The van der Waals surface area contributed by atoms with E-state index in [9.17, 15) is 24.0 Å². The number of ether oxygens (including phenoxy) is 7. The van der Waals surface area contributed by atoms with Gasteiger partial charge in [0.1, 0.15) is 12.7 Å². The molecule has 0 saturated carbocycles. The van der Waals surface area contributed by atoms with Crippen LogP contribution >= 0.6 is 0 Å². The molecule has 0 spiro atoms. The van der Waals surface area contributed by atoms with Gasteiger partial charge in [0, 0.05) is 13.0 Å². The third-order valence-electron chi connectivity index (χ3n) is 15.3. The van der Waals surface area contributed by atoms with Crippen molar-refractivity contribution >= 4 is 29.8 Å². The minimum atomic E-state index is -1.50. The van der Waals surface area contributed by atoms with Gasteiger partial charge in [0.15, 0.2) is 24.6 Å². The van der Waals surface area contributed by atoms with Crippen LogP contribution in [-0.4, -0.2) is 98.9 Å². The molecule has 83 heavy (non-hydrogen) atoms. The first-order chi connectivity index (χ1) is 39.3. The lowest BCUT2D eigenvalue weighted by Gasteiger charge is -2.46. The van der Waals surface area contributed by atoms with Gasteiger partial charge in [-0.15, -0.1) is 0 Å². The molecule has 0 bridgehead atoms. The van der Waals surface area contributed by atoms with E-state index in [1.54, 1.807) is 83.1 Å². The first kappa shape index (κ1) is 75.5. The molecule has 1 aromatic rings. The van der Waals surface area contributed by atoms with Crippen LogP contribution in [0.5, 0.6) is 0 Å². The van der Waals surface area contributed by atoms with Crippen molar-refractivity contribution in [2.45, 2.75) is 326 Å². The Morgan fingerprint density at radius 3 is 1.33 bits per heavy atom. The highest BCUT2D eigenvalue weighted by molar-refractivity contribution is 5.78. The zero-order chi connectivity index (χ0) is 61.7. The van der Waals surface area contributed by atoms with E-state index in [1.165, 1.54) is 135 Å². The summed E-state index contributed by atoms with van der Waals surface area (Å²) in [7, 11) is 0. The minimum Gasteiger partial charge on any atom is -0.462 e. The first-order valence-corrected chi connectivity index (χ1v) is 33.0. The van der Waals surface area contributed by atoms with Crippen molar-refractivity contribution in [3.8, 4) is 0 Å². The molecule has 1 aromatic carbocycles. The van der Waals surface area contributed by atoms with E-state index >= 15 is 0 Å². The molecule has 480 valence electrons. The van der Waals surface area contributed by atoms with Crippen molar-refractivity contribution in [1.82, 2.24) is 10.6 Å². The van der Waals surface area contributed by atoms with Gasteiger partial charge in [0.25, 0.3) is 0 Å². The second-order valence-electron chi connectivity index (χ2n) is 27.9. The highest BCUT2D eigenvalue weighted by Crippen LogP contribution is 2.35. The Morgan fingerprint density at radius 2 is 0.892 bits per heavy atom. The standard InChI is InChI=1S/C69H122N2O12/c1-15-17-19-21-23-25-27-29-30-32-34-36-38-43-47-57(72)71-54(55(77-50-53-45-41-40-42-46-53)49-70-48-44-39-37-35-33-31-28-26-24-22-20-18-16-2)51-78-61-60(83-65(76)69(12,13)14)59(82-64(75)68(9,10)11)58(81-63(74)67(6,7)8)56(80-61)52-79-62(73)66(3,4)5/h40-42,45-46,54-56,58-61,70H,15-39,43-44,47-52H2,1-14H3,(H,71,72)/t54-,55+,56+,58-,59-,60+,61+/m0/s1. The Morgan fingerprint density at radius 1 is 0.494 bits per heavy atom. The van der Waals surface area contributed by atoms with E-state index in [1.807, 2.05) is 30.3 Å². The Labute approximate surface area is 505 Å². The van der Waals surface area contributed by atoms with Gasteiger partial charge in [-0.05, 0) is 108 Å². The number of nitrogens with one attached hydrogen (secondary N) is 2. The molecule has 14 heteroatoms. The van der Waals surface area contributed by atoms with Gasteiger partial charge in [-0.3, -0.25) is 24.0 Å². The lowest BCUT2D eigenvalue weighted by molar-refractivity contribution is -0.313. The fourth-order valence-electron chi connectivity index (χ4n) is 9.63. The van der Waals surface area contributed by atoms with Crippen molar-refractivity contribution in [2.24, 2.45) is 21.7 Å². The van der Waals surface area contributed by atoms with Gasteiger partial charge in [-0.2, -0.15) is 0 Å². The summed E-state index contributed by atoms with van der Waals surface area (Å²) < 4.78 is 44.9. The predicted octanol–water partition coefficient (Wildman–Crippen LogP) is 15.8. The van der Waals surface area contributed by atoms with Gasteiger partial charge in [0.2, 0.25) is 5.91 Å². The second kappa shape index (κ2) is 41.5. The number of benzene rings is 1. The third-order valence-corrected chi connectivity index (χ3v) is 15.3. The number of hydrogen-bond acceptors (Lipinski definition) is 13. The number of carbonyl (C=O) groups excluding carboxylic acids is 5. The van der Waals surface area contributed by atoms with Gasteiger partial charge < -0.3 is 43.8 Å². The Kier molecular flexibility index (Phi) is 37.8. The fourth-order valence-corrected chi connectivity index (χ4v) is 9.63. The average molecular weight is 1170 g/mol. The maximum absolute atomic E-state index is 14.2. The number of unbranched alkanes of at least 4 members (excludes halogenated alkanes) is 25. The van der Waals surface area contributed by atoms with E-state index in [2.05, 4.69) is 24.5 Å². The largest absolute Gasteiger partial charge is 0.462 e. The van der Waals surface area contributed by atoms with Gasteiger partial charge >= 0.3 is 23.9 Å². The number of rotatable bonds is 44. The lowest BCUT2D eigenvalue weighted by Crippen LogP contribution is -2.64. The highest BCUT2D eigenvalue weighted by Gasteiger charge is 2.55. The van der Waals surface area contributed by atoms with Crippen molar-refractivity contribution in [3.63, 3.8) is 0 Å². The van der Waals surface area contributed by atoms with Crippen molar-refractivity contribution in [2.75, 3.05) is 26.3 Å². The van der Waals surface area contributed by atoms with Crippen LogP contribution in [0.3, 0.4) is 0 Å². The summed E-state index contributed by atoms with van der Waals surface area (Å²) in [5, 5.41) is 6.93. The number of hydrogen-bond donors (Lipinski definition) is 2. The van der Waals surface area contributed by atoms with Crippen LogP contribution in [0.4, 0.5) is 0 Å². The lowest BCUT2D eigenvalue weighted by atomic mass is 9.93. The van der Waals surface area contributed by atoms with E-state index in [0.29, 0.717) is 13.0 Å². The highest BCUT2D eigenvalue weighted by atomic mass is 16.7. The molecule has 1 saturated heterocycles. The van der Waals surface area contributed by atoms with Crippen LogP contribution in [0.1, 0.15) is 282 Å². The molecule has 2 rings (SSSR count). The number of esters is 4. The van der Waals surface area contributed by atoms with Crippen LogP contribution < -0.4 is 10.6 Å². The van der Waals surface area contributed by atoms with Crippen LogP contribution in [0, 0.1) is 21.7 Å². The molecule has 1 fully saturated rings. The zero-order valence-electron chi connectivity index (χ0n) is 55.2. The summed E-state index contributed by atoms with van der Waals surface area (Å²) in [5.41, 5.74) is -3.06. The van der Waals surface area contributed by atoms with Crippen LogP contribution in [0.2, 0.25) is 0 Å². The summed E-state index contributed by atoms with van der Waals surface area (Å²) >= 11 is 0. The Bertz CT molecular complexity index is 1900. The smallest absolute Gasteiger partial charge is 0.311 e. The normalized spacial score (nSPS) is 18.5. The van der Waals surface area contributed by atoms with Crippen molar-refractivity contribution in [1.29, 1.82) is 0 Å². The van der Waals surface area contributed by atoms with Gasteiger partial charge in [-0.1, -0.05) is 205 Å². The SMILES string of the molecule is CCCCCCCCCCCCCCCCC(=O)N[C@@H](CO[C@@H]1O[C@H](COC(=O)C(C)(C)C)[C@H](OC(=O)C(C)(C)C)[C@H](OC(=O)C(C)(C)C)[C@H]1OC(=O)C(C)(C)C)[C@@H](CNCCCCCCCCCCCCCCC)OCc1ccccc1. The predicted molar refractivity (Wildman–Crippen MR) is 333 cm³/mol. The summed E-state index contributed by atoms with van der Waals surface area (Å²) in [6.07, 6.45) is 25.9. The zero-order valence-corrected chi connectivity index (χ0v) is 55.2. The maximum Gasteiger partial charge on any atom is 0.311 e. The molecule has 0 radical (unpaired) electrons. The average Bonchev–Trinajstić information content (AvgIpc) is 3.63. The molecule has 1 heterocycles. The molecule has 2 N–H and O–H groups in total. The van der Waals surface area contributed by atoms with Gasteiger partial charge in [0.05, 0.1) is 47.0 Å². The molecular formula is C69H122N2O12. The van der Waals surface area contributed by atoms with Crippen molar-refractivity contribution < 1.29 is 57.1 Å². The quantitative estimate of drug-likeness (QED) is 0.0359. The maximum atomic E-state index is 14.2. The monoisotopic (exact) mass is 1170 g/mol. The molecule has 0 aromatic heterocycles. The van der Waals surface area contributed by atoms with E-state index in [0.717, 1.165) is 50.6 Å². The Hall–Kier alpha value is -3.59. The summed E-state index contributed by atoms with van der Waals surface area (Å²) in [6.45, 7) is 25.6. The summed E-state index contributed by atoms with van der Waals surface area (Å²) in [6, 6.07) is 9.11. The molecule has 0 unspecified atom stereocenters. The molecule has 1 aliphatic rings. The molecular weight excluding hydrogens is 1050 g/mol. The summed E-state index contributed by atoms with van der Waals surface area (Å²) in [5.74, 6) is -2.67. The molecule has 0 aliphatic carbocycles. The minimum absolute atomic E-state index is 0.152. The van der Waals surface area contributed by atoms with Crippen LogP contribution in [-0.2, 0) is 63.7 Å². The third kappa shape index (κ3) is 33.8. The van der Waals surface area contributed by atoms with E-state index in [4.69, 9.17) is 33.2 Å². The topological polar surface area (TPSA) is 174 Å². The summed E-state index contributed by atoms with van der Waals surface area (Å²) in [4.78, 5) is 69.6. The van der Waals surface area contributed by atoms with Crippen LogP contribution in [0.15, 0.2) is 30.3 Å². The molecule has 14 nitrogen and oxygen atoms in total. The molecule has 1 amide bonds. The number of carbonyl (C=O) groups is 5. The number of amides is 1. The first-order valence-electron chi connectivity index (χ1n) is 33.0. The fraction of sp³-hybridized carbons (Fsp3) is 0.841. The van der Waals surface area contributed by atoms with Gasteiger partial charge in [-0.25, -0.2) is 0 Å². The molecule has 7 atom stereocenters. The second-order valence-corrected chi connectivity index (χ2v) is 27.9. The van der Waals surface area contributed by atoms with E-state index < -0.39 is 95.0 Å². The Balaban J connectivity index is 2.50. The molecule has 1 aliphatic heterocycles.